The second-order valence-electron chi connectivity index (χ2n) is 3.95. The van der Waals surface area contributed by atoms with Gasteiger partial charge in [-0.05, 0) is 28.8 Å². The van der Waals surface area contributed by atoms with E-state index in [1.165, 1.54) is 15.6 Å². The van der Waals surface area contributed by atoms with Crippen LogP contribution in [-0.2, 0) is 11.2 Å². The summed E-state index contributed by atoms with van der Waals surface area (Å²) in [5.41, 5.74) is 1.34. The number of thiophene rings is 1. The summed E-state index contributed by atoms with van der Waals surface area (Å²) >= 11 is 1.77. The molecule has 0 aliphatic heterocycles. The minimum absolute atomic E-state index is 0.125. The van der Waals surface area contributed by atoms with E-state index in [1.54, 1.807) is 23.2 Å². The molecule has 1 amide bonds. The van der Waals surface area contributed by atoms with Gasteiger partial charge in [0.25, 0.3) is 0 Å². The van der Waals surface area contributed by atoms with Crippen molar-refractivity contribution in [3.05, 3.63) is 35.2 Å². The van der Waals surface area contributed by atoms with Gasteiger partial charge in [0.05, 0.1) is 0 Å². The molecule has 3 heteroatoms. The van der Waals surface area contributed by atoms with Crippen LogP contribution in [0, 0.1) is 0 Å². The number of amides is 1. The average Bonchev–Trinajstić information content (AvgIpc) is 2.69. The van der Waals surface area contributed by atoms with Crippen LogP contribution < -0.4 is 0 Å². The van der Waals surface area contributed by atoms with E-state index in [9.17, 15) is 4.79 Å². The first kappa shape index (κ1) is 11.1. The van der Waals surface area contributed by atoms with Crippen LogP contribution in [0.1, 0.15) is 12.5 Å². The summed E-state index contributed by atoms with van der Waals surface area (Å²) in [6, 6.07) is 8.41. The molecule has 2 nitrogen and oxygen atoms in total. The first-order chi connectivity index (χ1) is 7.68. The molecule has 0 fully saturated rings. The molecule has 1 aromatic heterocycles. The van der Waals surface area contributed by atoms with Crippen molar-refractivity contribution >= 4 is 27.3 Å². The molecule has 16 heavy (non-hydrogen) atoms. The Hall–Kier alpha value is -1.35. The predicted molar refractivity (Wildman–Crippen MR) is 68.8 cm³/mol. The van der Waals surface area contributed by atoms with Crippen molar-refractivity contribution in [1.29, 1.82) is 0 Å². The molecular weight excluding hydrogens is 218 g/mol. The molecule has 0 bridgehead atoms. The lowest BCUT2D eigenvalue weighted by Gasteiger charge is -2.13. The summed E-state index contributed by atoms with van der Waals surface area (Å²) in [6.07, 6.45) is 0.931. The normalized spacial score (nSPS) is 10.6. The Labute approximate surface area is 99.5 Å². The lowest BCUT2D eigenvalue weighted by Crippen LogP contribution is -2.25. The van der Waals surface area contributed by atoms with Crippen LogP contribution in [0.15, 0.2) is 29.6 Å². The number of hydrogen-bond donors (Lipinski definition) is 0. The van der Waals surface area contributed by atoms with E-state index in [0.29, 0.717) is 0 Å². The Morgan fingerprint density at radius 3 is 2.88 bits per heavy atom. The molecule has 0 unspecified atom stereocenters. The monoisotopic (exact) mass is 233 g/mol. The summed E-state index contributed by atoms with van der Waals surface area (Å²) < 4.78 is 1.32. The standard InChI is InChI=1S/C13H15NOS/c1-10(15)14(2)8-7-11-9-16-13-6-4-3-5-12(11)13/h3-6,9H,7-8H2,1-2H3. The number of benzene rings is 1. The number of fused-ring (bicyclic) bond motifs is 1. The number of rotatable bonds is 3. The molecule has 0 spiro atoms. The summed E-state index contributed by atoms with van der Waals surface area (Å²) in [5.74, 6) is 0.125. The van der Waals surface area contributed by atoms with Gasteiger partial charge < -0.3 is 4.90 Å². The molecule has 1 aromatic carbocycles. The van der Waals surface area contributed by atoms with Crippen LogP contribution in [-0.4, -0.2) is 24.4 Å². The highest BCUT2D eigenvalue weighted by Crippen LogP contribution is 2.25. The van der Waals surface area contributed by atoms with Crippen LogP contribution in [0.2, 0.25) is 0 Å². The van der Waals surface area contributed by atoms with Gasteiger partial charge in [-0.15, -0.1) is 11.3 Å². The molecule has 0 saturated heterocycles. The third-order valence-corrected chi connectivity index (χ3v) is 3.83. The quantitative estimate of drug-likeness (QED) is 0.798. The Morgan fingerprint density at radius 2 is 2.12 bits per heavy atom. The zero-order valence-electron chi connectivity index (χ0n) is 9.56. The number of carbonyl (C=O) groups excluding carboxylic acids is 1. The molecule has 2 aromatic rings. The van der Waals surface area contributed by atoms with E-state index in [4.69, 9.17) is 0 Å². The van der Waals surface area contributed by atoms with Crippen molar-refractivity contribution < 1.29 is 4.79 Å². The topological polar surface area (TPSA) is 20.3 Å². The Morgan fingerprint density at radius 1 is 1.38 bits per heavy atom. The van der Waals surface area contributed by atoms with Gasteiger partial charge in [0, 0.05) is 25.2 Å². The fraction of sp³-hybridized carbons (Fsp3) is 0.308. The largest absolute Gasteiger partial charge is 0.346 e. The lowest BCUT2D eigenvalue weighted by molar-refractivity contribution is -0.127. The fourth-order valence-electron chi connectivity index (χ4n) is 1.67. The van der Waals surface area contributed by atoms with Gasteiger partial charge in [-0.3, -0.25) is 4.79 Å². The van der Waals surface area contributed by atoms with Crippen molar-refractivity contribution in [3.63, 3.8) is 0 Å². The number of nitrogens with zero attached hydrogens (tertiary/aromatic N) is 1. The molecular formula is C13H15NOS. The van der Waals surface area contributed by atoms with E-state index < -0.39 is 0 Å². The number of hydrogen-bond acceptors (Lipinski definition) is 2. The minimum Gasteiger partial charge on any atom is -0.346 e. The van der Waals surface area contributed by atoms with Gasteiger partial charge in [0.15, 0.2) is 0 Å². The van der Waals surface area contributed by atoms with Crippen molar-refractivity contribution in [2.75, 3.05) is 13.6 Å². The minimum atomic E-state index is 0.125. The average molecular weight is 233 g/mol. The van der Waals surface area contributed by atoms with Crippen molar-refractivity contribution in [3.8, 4) is 0 Å². The first-order valence-corrected chi connectivity index (χ1v) is 6.23. The molecule has 84 valence electrons. The SMILES string of the molecule is CC(=O)N(C)CCc1csc2ccccc12. The van der Waals surface area contributed by atoms with Gasteiger partial charge in [-0.2, -0.15) is 0 Å². The molecule has 0 N–H and O–H groups in total. The maximum absolute atomic E-state index is 11.1. The number of carbonyl (C=O) groups is 1. The third kappa shape index (κ3) is 2.25. The van der Waals surface area contributed by atoms with Gasteiger partial charge in [0.1, 0.15) is 0 Å². The summed E-state index contributed by atoms with van der Waals surface area (Å²) in [7, 11) is 1.84. The highest BCUT2D eigenvalue weighted by Gasteiger charge is 2.06. The predicted octanol–water partition coefficient (Wildman–Crippen LogP) is 2.92. The molecule has 0 aliphatic rings. The van der Waals surface area contributed by atoms with E-state index in [2.05, 4.69) is 29.6 Å². The van der Waals surface area contributed by atoms with E-state index in [-0.39, 0.29) is 5.91 Å². The molecule has 1 heterocycles. The highest BCUT2D eigenvalue weighted by molar-refractivity contribution is 7.17. The third-order valence-electron chi connectivity index (χ3n) is 2.82. The highest BCUT2D eigenvalue weighted by atomic mass is 32.1. The first-order valence-electron chi connectivity index (χ1n) is 5.35. The maximum Gasteiger partial charge on any atom is 0.219 e. The van der Waals surface area contributed by atoms with Gasteiger partial charge in [-0.1, -0.05) is 18.2 Å². The van der Waals surface area contributed by atoms with Crippen LogP contribution in [0.5, 0.6) is 0 Å². The van der Waals surface area contributed by atoms with Crippen LogP contribution in [0.4, 0.5) is 0 Å². The van der Waals surface area contributed by atoms with E-state index in [0.717, 1.165) is 13.0 Å². The number of likely N-dealkylation sites (N-methyl/N-ethyl adjacent to an activating group) is 1. The van der Waals surface area contributed by atoms with Gasteiger partial charge in [-0.25, -0.2) is 0 Å². The Kier molecular flexibility index (Phi) is 3.25. The van der Waals surface area contributed by atoms with E-state index in [1.807, 2.05) is 7.05 Å². The zero-order chi connectivity index (χ0) is 11.5. The Balaban J connectivity index is 2.13. The molecule has 0 radical (unpaired) electrons. The lowest BCUT2D eigenvalue weighted by atomic mass is 10.1. The summed E-state index contributed by atoms with van der Waals surface area (Å²) in [4.78, 5) is 12.9. The Bertz CT molecular complexity index is 503. The summed E-state index contributed by atoms with van der Waals surface area (Å²) in [6.45, 7) is 2.39. The second-order valence-corrected chi connectivity index (χ2v) is 4.86. The van der Waals surface area contributed by atoms with E-state index >= 15 is 0 Å². The molecule has 0 atom stereocenters. The van der Waals surface area contributed by atoms with Gasteiger partial charge >= 0.3 is 0 Å². The van der Waals surface area contributed by atoms with Crippen molar-refractivity contribution in [2.45, 2.75) is 13.3 Å². The van der Waals surface area contributed by atoms with Crippen molar-refractivity contribution in [1.82, 2.24) is 4.90 Å². The smallest absolute Gasteiger partial charge is 0.219 e. The molecule has 0 aliphatic carbocycles. The van der Waals surface area contributed by atoms with Gasteiger partial charge in [0.2, 0.25) is 5.91 Å². The fourth-order valence-corrected chi connectivity index (χ4v) is 2.67. The van der Waals surface area contributed by atoms with Crippen LogP contribution in [0.25, 0.3) is 10.1 Å². The summed E-state index contributed by atoms with van der Waals surface area (Å²) in [5, 5.41) is 3.52. The molecule has 0 saturated carbocycles. The van der Waals surface area contributed by atoms with Crippen LogP contribution in [0.3, 0.4) is 0 Å². The maximum atomic E-state index is 11.1. The second kappa shape index (κ2) is 4.66. The van der Waals surface area contributed by atoms with Crippen molar-refractivity contribution in [2.24, 2.45) is 0 Å². The molecule has 2 rings (SSSR count). The zero-order valence-corrected chi connectivity index (χ0v) is 10.4. The van der Waals surface area contributed by atoms with Crippen LogP contribution >= 0.6 is 11.3 Å².